The van der Waals surface area contributed by atoms with Crippen LogP contribution in [0.5, 0.6) is 11.5 Å². The number of carboxylic acids is 1. The molecule has 1 aromatic heterocycles. The molecule has 3 atom stereocenters. The summed E-state index contributed by atoms with van der Waals surface area (Å²) >= 11 is 13.1. The van der Waals surface area contributed by atoms with Gasteiger partial charge in [0, 0.05) is 28.3 Å². The van der Waals surface area contributed by atoms with Gasteiger partial charge in [-0.05, 0) is 98.0 Å². The molecule has 57 heavy (non-hydrogen) atoms. The average Bonchev–Trinajstić information content (AvgIpc) is 4.01. The SMILES string of the molecule is O=C([O-])c1ccc(S(=O)(=O)NC(C(=O)O[C@H]2CN3CCC2CC3)c2ccccc2)cc1[C@@H](Cc1c(Cl)c[n+](O)cc1Cl)c1ccc(OC(F)F)c(OCC2CC2)c1. The van der Waals surface area contributed by atoms with Gasteiger partial charge in [0.05, 0.1) is 17.5 Å². The second-order valence-electron chi connectivity index (χ2n) is 14.5. The van der Waals surface area contributed by atoms with Gasteiger partial charge in [0.25, 0.3) is 0 Å². The van der Waals surface area contributed by atoms with Gasteiger partial charge in [-0.3, -0.25) is 10.1 Å². The number of alkyl halides is 2. The summed E-state index contributed by atoms with van der Waals surface area (Å²) < 4.78 is 75.3. The first kappa shape index (κ1) is 40.6. The monoisotopic (exact) mass is 845 g/mol. The van der Waals surface area contributed by atoms with Crippen LogP contribution < -0.4 is 24.0 Å². The van der Waals surface area contributed by atoms with Crippen molar-refractivity contribution in [2.24, 2.45) is 11.8 Å². The van der Waals surface area contributed by atoms with Crippen LogP contribution in [0.15, 0.2) is 84.0 Å². The molecule has 17 heteroatoms. The molecule has 0 spiro atoms. The molecule has 1 unspecified atom stereocenters. The lowest BCUT2D eigenvalue weighted by molar-refractivity contribution is -0.904. The van der Waals surface area contributed by atoms with E-state index in [9.17, 15) is 37.1 Å². The lowest BCUT2D eigenvalue weighted by Gasteiger charge is -2.44. The molecule has 0 amide bonds. The summed E-state index contributed by atoms with van der Waals surface area (Å²) in [6, 6.07) is 14.2. The van der Waals surface area contributed by atoms with Gasteiger partial charge in [-0.15, -0.1) is 0 Å². The van der Waals surface area contributed by atoms with Crippen LogP contribution in [0.1, 0.15) is 70.3 Å². The van der Waals surface area contributed by atoms with Crippen molar-refractivity contribution < 1.29 is 56.0 Å². The maximum absolute atomic E-state index is 14.3. The number of fused-ring (bicyclic) bond motifs is 3. The largest absolute Gasteiger partial charge is 0.545 e. The zero-order valence-electron chi connectivity index (χ0n) is 30.4. The van der Waals surface area contributed by atoms with Gasteiger partial charge < -0.3 is 24.1 Å². The minimum atomic E-state index is -4.61. The van der Waals surface area contributed by atoms with E-state index in [1.165, 1.54) is 18.2 Å². The van der Waals surface area contributed by atoms with Gasteiger partial charge in [-0.2, -0.15) is 13.5 Å². The highest BCUT2D eigenvalue weighted by Crippen LogP contribution is 2.41. The molecule has 3 aromatic carbocycles. The Hall–Kier alpha value is -4.54. The first-order valence-electron chi connectivity index (χ1n) is 18.4. The number of nitrogens with one attached hydrogen (secondary N) is 1. The van der Waals surface area contributed by atoms with Crippen molar-refractivity contribution in [1.29, 1.82) is 0 Å². The smallest absolute Gasteiger partial charge is 0.387 e. The number of ether oxygens (including phenoxy) is 3. The Morgan fingerprint density at radius 2 is 1.65 bits per heavy atom. The molecule has 12 nitrogen and oxygen atoms in total. The third-order valence-electron chi connectivity index (χ3n) is 10.7. The normalized spacial score (nSPS) is 20.2. The molecule has 1 saturated carbocycles. The third kappa shape index (κ3) is 9.61. The lowest BCUT2D eigenvalue weighted by Crippen LogP contribution is -2.52. The van der Waals surface area contributed by atoms with Gasteiger partial charge in [-0.25, -0.2) is 13.2 Å². The fraction of sp³-hybridized carbons (Fsp3) is 0.375. The summed E-state index contributed by atoms with van der Waals surface area (Å²) in [5.74, 6) is -3.44. The van der Waals surface area contributed by atoms with E-state index in [0.29, 0.717) is 22.4 Å². The highest BCUT2D eigenvalue weighted by atomic mass is 35.5. The molecule has 4 heterocycles. The number of halogens is 4. The number of sulfonamides is 1. The van der Waals surface area contributed by atoms with Gasteiger partial charge in [0.15, 0.2) is 11.5 Å². The van der Waals surface area contributed by atoms with Gasteiger partial charge >= 0.3 is 12.6 Å². The molecular weight excluding hydrogens is 807 g/mol. The number of benzene rings is 3. The number of carbonyl (C=O) groups is 2. The summed E-state index contributed by atoms with van der Waals surface area (Å²) in [5, 5.41) is 22.7. The molecule has 4 fully saturated rings. The molecule has 4 aromatic rings. The molecule has 2 bridgehead atoms. The number of carboxylic acid groups (broad SMARTS) is 1. The third-order valence-corrected chi connectivity index (χ3v) is 12.7. The van der Waals surface area contributed by atoms with Crippen LogP contribution in [0.4, 0.5) is 8.78 Å². The number of hydrogen-bond acceptors (Lipinski definition) is 10. The van der Waals surface area contributed by atoms with Crippen LogP contribution in [-0.2, 0) is 26.0 Å². The minimum Gasteiger partial charge on any atom is -0.545 e. The maximum Gasteiger partial charge on any atom is 0.387 e. The number of aromatic nitrogens is 1. The average molecular weight is 847 g/mol. The molecular formula is C40H39Cl2F2N3O9S. The highest BCUT2D eigenvalue weighted by Gasteiger charge is 2.39. The van der Waals surface area contributed by atoms with Crippen LogP contribution in [0.2, 0.25) is 10.0 Å². The van der Waals surface area contributed by atoms with Crippen molar-refractivity contribution >= 4 is 45.2 Å². The topological polar surface area (TPSA) is 158 Å². The van der Waals surface area contributed by atoms with E-state index in [2.05, 4.69) is 9.62 Å². The van der Waals surface area contributed by atoms with Crippen molar-refractivity contribution in [2.45, 2.75) is 61.7 Å². The molecule has 3 aliphatic heterocycles. The molecule has 2 N–H and O–H groups in total. The first-order chi connectivity index (χ1) is 27.3. The Labute approximate surface area is 337 Å². The second-order valence-corrected chi connectivity index (χ2v) is 17.1. The fourth-order valence-corrected chi connectivity index (χ4v) is 9.26. The number of hydrogen-bond donors (Lipinski definition) is 2. The van der Waals surface area contributed by atoms with Crippen LogP contribution >= 0.6 is 23.2 Å². The van der Waals surface area contributed by atoms with E-state index in [4.69, 9.17) is 37.4 Å². The van der Waals surface area contributed by atoms with Crippen molar-refractivity contribution in [2.75, 3.05) is 26.2 Å². The predicted octanol–water partition coefficient (Wildman–Crippen LogP) is 5.30. The molecule has 0 radical (unpaired) electrons. The van der Waals surface area contributed by atoms with E-state index in [1.54, 1.807) is 30.3 Å². The van der Waals surface area contributed by atoms with Gasteiger partial charge in [0.2, 0.25) is 22.4 Å². The van der Waals surface area contributed by atoms with Gasteiger partial charge in [-0.1, -0.05) is 65.7 Å². The van der Waals surface area contributed by atoms with Crippen molar-refractivity contribution in [3.8, 4) is 11.5 Å². The Morgan fingerprint density at radius 3 is 2.26 bits per heavy atom. The summed E-state index contributed by atoms with van der Waals surface area (Å²) in [4.78, 5) is 28.4. The number of carbonyl (C=O) groups excluding carboxylic acids is 2. The van der Waals surface area contributed by atoms with Gasteiger partial charge in [0.1, 0.15) is 22.2 Å². The van der Waals surface area contributed by atoms with E-state index < -0.39 is 57.1 Å². The van der Waals surface area contributed by atoms with Crippen molar-refractivity contribution in [3.63, 3.8) is 0 Å². The Bertz CT molecular complexity index is 2220. The number of esters is 1. The zero-order chi connectivity index (χ0) is 40.4. The molecule has 302 valence electrons. The first-order valence-corrected chi connectivity index (χ1v) is 20.6. The Morgan fingerprint density at radius 1 is 0.947 bits per heavy atom. The van der Waals surface area contributed by atoms with Crippen LogP contribution in [-0.4, -0.2) is 69.4 Å². The van der Waals surface area contributed by atoms with E-state index >= 15 is 0 Å². The number of piperidine rings is 3. The van der Waals surface area contributed by atoms with Crippen LogP contribution in [0.3, 0.4) is 0 Å². The van der Waals surface area contributed by atoms with Crippen LogP contribution in [0.25, 0.3) is 0 Å². The lowest BCUT2D eigenvalue weighted by atomic mass is 9.83. The maximum atomic E-state index is 14.3. The number of pyridine rings is 1. The summed E-state index contributed by atoms with van der Waals surface area (Å²) in [6.45, 7) is -0.587. The van der Waals surface area contributed by atoms with Crippen LogP contribution in [0, 0.1) is 11.8 Å². The Balaban J connectivity index is 1.29. The van der Waals surface area contributed by atoms with E-state index in [1.807, 2.05) is 0 Å². The second kappa shape index (κ2) is 17.1. The summed E-state index contributed by atoms with van der Waals surface area (Å²) in [6.07, 6.45) is 5.27. The zero-order valence-corrected chi connectivity index (χ0v) is 32.7. The number of rotatable bonds is 16. The van der Waals surface area contributed by atoms with Crippen molar-refractivity contribution in [3.05, 3.63) is 117 Å². The predicted molar refractivity (Wildman–Crippen MR) is 200 cm³/mol. The van der Waals surface area contributed by atoms with E-state index in [-0.39, 0.29) is 57.5 Å². The summed E-state index contributed by atoms with van der Waals surface area (Å²) in [5.41, 5.74) is 0.401. The minimum absolute atomic E-state index is 0.00879. The number of aromatic carboxylic acids is 1. The molecule has 8 rings (SSSR count). The van der Waals surface area contributed by atoms with E-state index in [0.717, 1.165) is 69.4 Å². The quantitative estimate of drug-likeness (QED) is 0.0862. The molecule has 3 saturated heterocycles. The molecule has 4 aliphatic rings. The standard InChI is InChI=1S/C40H39Cl2F2N3O9S/c41-32-19-47(51)20-33(42)31(32)18-29(26-8-11-34(56-40(43)44)35(16-26)54-22-23-6-7-23)30-17-27(9-10-28(30)38(48)49)57(52,53)45-37(25-4-2-1-3-5-25)39(50)55-36-21-46-14-12-24(36)13-15-46/h1-5,8-11,16-17,19-20,23-24,29,36-37,40,45H,6-7,12-15,18,21-22H2,(H-,48,49,51)/t29-,36-,37?/m0/s1. The molecule has 1 aliphatic carbocycles. The summed E-state index contributed by atoms with van der Waals surface area (Å²) in [7, 11) is -4.61. The fourth-order valence-electron chi connectivity index (χ4n) is 7.45. The van der Waals surface area contributed by atoms with Crippen molar-refractivity contribution in [1.82, 2.24) is 9.62 Å². The Kier molecular flexibility index (Phi) is 12.2. The highest BCUT2D eigenvalue weighted by molar-refractivity contribution is 7.89. The number of nitrogens with zero attached hydrogens (tertiary/aromatic N) is 2.